The van der Waals surface area contributed by atoms with Gasteiger partial charge in [0, 0.05) is 110 Å². The molecule has 3 fully saturated rings. The molecule has 0 aliphatic heterocycles. The van der Waals surface area contributed by atoms with Crippen LogP contribution >= 0.6 is 0 Å². The monoisotopic (exact) mass is 1730 g/mol. The number of aromatic nitrogens is 3. The van der Waals surface area contributed by atoms with Gasteiger partial charge in [-0.15, -0.1) is 0 Å². The quantitative estimate of drug-likeness (QED) is 0.0319. The Balaban J connectivity index is 0.000000162. The van der Waals surface area contributed by atoms with E-state index in [0.29, 0.717) is 66.8 Å². The Kier molecular flexibility index (Phi) is 26.0. The maximum atomic E-state index is 13.6. The van der Waals surface area contributed by atoms with Crippen molar-refractivity contribution in [2.24, 2.45) is 34.0 Å². The van der Waals surface area contributed by atoms with Crippen molar-refractivity contribution in [1.82, 2.24) is 30.9 Å². The Morgan fingerprint density at radius 3 is 0.810 bits per heavy atom. The highest BCUT2D eigenvalue weighted by molar-refractivity contribution is 6.14. The average molecular weight is 1730 g/mol. The Hall–Kier alpha value is -13.6. The Morgan fingerprint density at radius 2 is 0.603 bits per heavy atom. The molecule has 6 aromatic carbocycles. The van der Waals surface area contributed by atoms with Crippen LogP contribution in [0.15, 0.2) is 177 Å². The van der Waals surface area contributed by atoms with Crippen molar-refractivity contribution in [2.75, 3.05) is 21.1 Å². The second-order valence-electron chi connectivity index (χ2n) is 32.5. The fraction of sp³-hybridized carbons (Fsp3) is 0.312. The number of amides is 3. The molecule has 3 aliphatic rings. The number of nitrogens with zero attached hydrogens (tertiary/aromatic N) is 6. The molecule has 6 aromatic heterocycles. The van der Waals surface area contributed by atoms with Crippen LogP contribution < -0.4 is 16.0 Å². The number of ketones is 3. The number of fused-ring (bicyclic) bond motifs is 3. The van der Waals surface area contributed by atoms with Gasteiger partial charge >= 0.3 is 18.5 Å². The Labute approximate surface area is 714 Å². The number of hydrogen-bond donors (Lipinski definition) is 3. The van der Waals surface area contributed by atoms with Gasteiger partial charge in [0.1, 0.15) is 34.7 Å². The van der Waals surface area contributed by atoms with Gasteiger partial charge < -0.3 is 29.2 Å². The lowest BCUT2D eigenvalue weighted by molar-refractivity contribution is -0.135. The molecule has 3 saturated carbocycles. The summed E-state index contributed by atoms with van der Waals surface area (Å²) in [6.07, 6.45) is -12.8. The molecule has 3 amide bonds. The van der Waals surface area contributed by atoms with Gasteiger partial charge in [0.05, 0.1) is 84.4 Å². The van der Waals surface area contributed by atoms with Crippen molar-refractivity contribution in [2.45, 2.75) is 136 Å². The SMILES string of the molecule is CNC(=O)c1c(-c2ccc(F)cc2)oc2nc(CCC(F)(F)F)c(-c3cccc(C(=O)CC(C)(C#N)C4CC4)c3)cc12.CNC(=O)c1c(-c2ccc(F)cc2)oc2nc(CCC(F)(F)F)c(-c3cccc(C(=O)CC(C)(C#N)C4CC4)c3)cc12.CNC(=O)c1c(-c2ccc(F)cc2)oc2nc(CCC(F)(F)F)c(-c3cccc(C(=O)CC(C)(C#N)C4CC4)c3)cc12. The number of pyridine rings is 3. The van der Waals surface area contributed by atoms with E-state index >= 15 is 0 Å². The zero-order valence-electron chi connectivity index (χ0n) is 68.8. The largest absolute Gasteiger partial charge is 0.437 e. The van der Waals surface area contributed by atoms with Crippen molar-refractivity contribution >= 4 is 68.4 Å². The van der Waals surface area contributed by atoms with Crippen LogP contribution in [-0.2, 0) is 19.3 Å². The zero-order valence-corrected chi connectivity index (χ0v) is 68.8. The van der Waals surface area contributed by atoms with E-state index in [0.717, 1.165) is 38.5 Å². The maximum absolute atomic E-state index is 13.6. The summed E-state index contributed by atoms with van der Waals surface area (Å²) in [5.74, 6) is -3.02. The van der Waals surface area contributed by atoms with Crippen LogP contribution in [0.1, 0.15) is 177 Å². The standard InChI is InChI=1S/3C32H27F4N3O3/c3*1-31(17-37,21-8-9-21)16-26(40)20-5-3-4-19(14-20)23-15-24-27(29(41)38-2)28(18-6-10-22(33)11-7-18)42-30(24)39-25(23)12-13-32(34,35)36/h3*3-7,10-11,14-15,21H,8-9,12-13,16H2,1-2H3,(H,38,41). The predicted molar refractivity (Wildman–Crippen MR) is 444 cm³/mol. The maximum Gasteiger partial charge on any atom is 0.389 e. The molecule has 3 N–H and O–H groups in total. The third kappa shape index (κ3) is 20.6. The summed E-state index contributed by atoms with van der Waals surface area (Å²) in [6.45, 7) is 5.33. The number of carbonyl (C=O) groups is 6. The van der Waals surface area contributed by atoms with Crippen molar-refractivity contribution < 1.29 is 94.7 Å². The minimum Gasteiger partial charge on any atom is -0.437 e. The number of carbonyl (C=O) groups excluding carboxylic acids is 6. The highest BCUT2D eigenvalue weighted by Gasteiger charge is 2.46. The van der Waals surface area contributed by atoms with Crippen molar-refractivity contribution in [3.63, 3.8) is 0 Å². The van der Waals surface area contributed by atoms with E-state index in [-0.39, 0.29) is 139 Å². The Bertz CT molecular complexity index is 5750. The number of furan rings is 3. The number of Topliss-reactive ketones (excluding diaryl/α,β-unsaturated/α-hetero) is 3. The van der Waals surface area contributed by atoms with Crippen LogP contribution in [0.2, 0.25) is 0 Å². The molecule has 3 atom stereocenters. The van der Waals surface area contributed by atoms with E-state index in [1.54, 1.807) is 112 Å². The second kappa shape index (κ2) is 36.3. The molecule has 126 heavy (non-hydrogen) atoms. The molecule has 3 aliphatic carbocycles. The average Bonchev–Trinajstić information content (AvgIpc) is 1.60. The van der Waals surface area contributed by atoms with Crippen LogP contribution in [0.25, 0.3) is 101 Å². The molecule has 0 bridgehead atoms. The van der Waals surface area contributed by atoms with E-state index in [1.807, 2.05) is 0 Å². The van der Waals surface area contributed by atoms with Crippen LogP contribution in [0.5, 0.6) is 0 Å². The molecule has 12 aromatic rings. The fourth-order valence-corrected chi connectivity index (χ4v) is 15.6. The van der Waals surface area contributed by atoms with Crippen LogP contribution in [0.4, 0.5) is 52.7 Å². The number of nitrogens with one attached hydrogen (secondary N) is 3. The molecular formula is C96H81F12N9O9. The van der Waals surface area contributed by atoms with Gasteiger partial charge in [-0.05, 0) is 222 Å². The van der Waals surface area contributed by atoms with Gasteiger partial charge in [-0.2, -0.15) is 55.3 Å². The number of aryl methyl sites for hydroxylation is 3. The fourth-order valence-electron chi connectivity index (χ4n) is 15.6. The topological polar surface area (TPSA) is 288 Å². The Morgan fingerprint density at radius 1 is 0.365 bits per heavy atom. The predicted octanol–water partition coefficient (Wildman–Crippen LogP) is 23.0. The molecule has 0 radical (unpaired) electrons. The van der Waals surface area contributed by atoms with Crippen LogP contribution in [-0.4, -0.2) is 89.7 Å². The van der Waals surface area contributed by atoms with Crippen LogP contribution in [0, 0.1) is 85.4 Å². The third-order valence-electron chi connectivity index (χ3n) is 23.2. The van der Waals surface area contributed by atoms with Crippen molar-refractivity contribution in [3.05, 3.63) is 232 Å². The van der Waals surface area contributed by atoms with Gasteiger partial charge in [-0.1, -0.05) is 54.6 Å². The molecule has 30 heteroatoms. The van der Waals surface area contributed by atoms with E-state index < -0.39 is 108 Å². The third-order valence-corrected chi connectivity index (χ3v) is 23.2. The minimum atomic E-state index is -4.45. The zero-order chi connectivity index (χ0) is 90.7. The van der Waals surface area contributed by atoms with Gasteiger partial charge in [0.15, 0.2) is 17.3 Å². The van der Waals surface area contributed by atoms with E-state index in [1.165, 1.54) is 93.9 Å². The van der Waals surface area contributed by atoms with Gasteiger partial charge in [-0.25, -0.2) is 28.1 Å². The minimum absolute atomic E-state index is 0.0272. The van der Waals surface area contributed by atoms with Crippen LogP contribution in [0.3, 0.4) is 0 Å². The number of alkyl halides is 9. The van der Waals surface area contributed by atoms with E-state index in [2.05, 4.69) is 49.1 Å². The van der Waals surface area contributed by atoms with Gasteiger partial charge in [0.2, 0.25) is 17.1 Å². The highest BCUT2D eigenvalue weighted by atomic mass is 19.4. The highest BCUT2D eigenvalue weighted by Crippen LogP contribution is 2.51. The summed E-state index contributed by atoms with van der Waals surface area (Å²) < 4.78 is 178. The lowest BCUT2D eigenvalue weighted by Gasteiger charge is -2.20. The second-order valence-corrected chi connectivity index (χ2v) is 32.5. The molecule has 0 spiro atoms. The van der Waals surface area contributed by atoms with Gasteiger partial charge in [0.25, 0.3) is 17.7 Å². The first-order valence-electron chi connectivity index (χ1n) is 40.4. The summed E-state index contributed by atoms with van der Waals surface area (Å²) in [6, 6.07) is 46.6. The summed E-state index contributed by atoms with van der Waals surface area (Å²) in [7, 11) is 4.27. The normalized spacial score (nSPS) is 14.8. The smallest absolute Gasteiger partial charge is 0.389 e. The number of benzene rings is 6. The van der Waals surface area contributed by atoms with E-state index in [4.69, 9.17) is 13.3 Å². The molecule has 648 valence electrons. The first-order valence-corrected chi connectivity index (χ1v) is 40.4. The summed E-state index contributed by atoms with van der Waals surface area (Å²) >= 11 is 0. The summed E-state index contributed by atoms with van der Waals surface area (Å²) in [5.41, 5.74) is 2.35. The number of rotatable bonds is 27. The molecular weight excluding hydrogens is 1650 g/mol. The molecule has 6 heterocycles. The van der Waals surface area contributed by atoms with Crippen molar-refractivity contribution in [3.8, 4) is 85.6 Å². The first-order chi connectivity index (χ1) is 59.8. The molecule has 3 unspecified atom stereocenters. The molecule has 0 saturated heterocycles. The molecule has 15 rings (SSSR count). The number of hydrogen-bond acceptors (Lipinski definition) is 15. The summed E-state index contributed by atoms with van der Waals surface area (Å²) in [4.78, 5) is 92.0. The number of nitriles is 3. The van der Waals surface area contributed by atoms with E-state index in [9.17, 15) is 97.2 Å². The lowest BCUT2D eigenvalue weighted by atomic mass is 9.80. The van der Waals surface area contributed by atoms with Gasteiger partial charge in [-0.3, -0.25) is 28.8 Å². The first kappa shape index (κ1) is 90.2. The molecule has 18 nitrogen and oxygen atoms in total. The van der Waals surface area contributed by atoms with Crippen molar-refractivity contribution in [1.29, 1.82) is 15.8 Å². The lowest BCUT2D eigenvalue weighted by Crippen LogP contribution is -2.21. The summed E-state index contributed by atoms with van der Waals surface area (Å²) in [5, 5.41) is 37.5. The number of halogens is 12.